The summed E-state index contributed by atoms with van der Waals surface area (Å²) < 4.78 is 0. The van der Waals surface area contributed by atoms with E-state index in [0.29, 0.717) is 6.54 Å². The molecule has 0 aliphatic carbocycles. The minimum absolute atomic E-state index is 0.0951. The fourth-order valence-electron chi connectivity index (χ4n) is 2.14. The van der Waals surface area contributed by atoms with Gasteiger partial charge in [0.15, 0.2) is 0 Å². The van der Waals surface area contributed by atoms with E-state index >= 15 is 0 Å². The maximum Gasteiger partial charge on any atom is 0.222 e. The zero-order chi connectivity index (χ0) is 15.1. The Morgan fingerprint density at radius 3 is 2.43 bits per heavy atom. The van der Waals surface area contributed by atoms with Crippen LogP contribution in [0.15, 0.2) is 54.6 Å². The minimum atomic E-state index is -0.745. The van der Waals surface area contributed by atoms with E-state index in [0.717, 1.165) is 12.0 Å². The third kappa shape index (κ3) is 5.04. The number of hydrogen-bond donors (Lipinski definition) is 2. The molecule has 3 heteroatoms. The molecule has 1 unspecified atom stereocenters. The van der Waals surface area contributed by atoms with Crippen molar-refractivity contribution in [2.24, 2.45) is 0 Å². The highest BCUT2D eigenvalue weighted by molar-refractivity contribution is 5.76. The molecule has 2 N–H and O–H groups in total. The van der Waals surface area contributed by atoms with Gasteiger partial charge in [-0.2, -0.15) is 0 Å². The van der Waals surface area contributed by atoms with Crippen molar-refractivity contribution in [1.82, 2.24) is 5.32 Å². The zero-order valence-electron chi connectivity index (χ0n) is 12.3. The molecule has 3 nitrogen and oxygen atoms in total. The topological polar surface area (TPSA) is 49.3 Å². The van der Waals surface area contributed by atoms with Crippen molar-refractivity contribution in [2.45, 2.75) is 25.9 Å². The van der Waals surface area contributed by atoms with Crippen LogP contribution in [0.4, 0.5) is 0 Å². The van der Waals surface area contributed by atoms with Gasteiger partial charge in [-0.15, -0.1) is 0 Å². The van der Waals surface area contributed by atoms with Crippen LogP contribution in [0.2, 0.25) is 0 Å². The second kappa shape index (κ2) is 7.60. The fourth-order valence-corrected chi connectivity index (χ4v) is 2.14. The number of rotatable bonds is 6. The number of aryl methyl sites for hydroxylation is 1. The molecule has 2 aromatic rings. The average molecular weight is 283 g/mol. The number of carbonyl (C=O) groups excluding carboxylic acids is 1. The Morgan fingerprint density at radius 2 is 1.76 bits per heavy atom. The minimum Gasteiger partial charge on any atom is -0.388 e. The molecule has 0 radical (unpaired) electrons. The van der Waals surface area contributed by atoms with E-state index in [-0.39, 0.29) is 12.3 Å². The Bertz CT molecular complexity index is 564. The number of aliphatic hydroxyl groups excluding tert-OH is 1. The van der Waals surface area contributed by atoms with Crippen LogP contribution >= 0.6 is 0 Å². The molecule has 1 amide bonds. The Balaban J connectivity index is 1.73. The van der Waals surface area contributed by atoms with Crippen LogP contribution < -0.4 is 5.32 Å². The molecule has 110 valence electrons. The summed E-state index contributed by atoms with van der Waals surface area (Å²) in [6.07, 6.45) is 0.149. The lowest BCUT2D eigenvalue weighted by Gasteiger charge is -2.11. The predicted molar refractivity (Wildman–Crippen MR) is 83.9 cm³/mol. The molecule has 2 aromatic carbocycles. The van der Waals surface area contributed by atoms with E-state index in [4.69, 9.17) is 0 Å². The van der Waals surface area contributed by atoms with E-state index in [1.54, 1.807) is 0 Å². The Kier molecular flexibility index (Phi) is 5.52. The summed E-state index contributed by atoms with van der Waals surface area (Å²) in [6, 6.07) is 17.5. The maximum absolute atomic E-state index is 11.8. The number of aliphatic hydroxyl groups is 1. The van der Waals surface area contributed by atoms with Gasteiger partial charge in [0.25, 0.3) is 0 Å². The van der Waals surface area contributed by atoms with Gasteiger partial charge >= 0.3 is 0 Å². The maximum atomic E-state index is 11.8. The first-order valence-corrected chi connectivity index (χ1v) is 7.20. The Hall–Kier alpha value is -2.13. The molecule has 0 spiro atoms. The zero-order valence-corrected chi connectivity index (χ0v) is 12.3. The third-order valence-corrected chi connectivity index (χ3v) is 3.42. The Labute approximate surface area is 125 Å². The van der Waals surface area contributed by atoms with E-state index in [1.807, 2.05) is 30.3 Å². The van der Waals surface area contributed by atoms with Gasteiger partial charge in [-0.05, 0) is 24.5 Å². The number of nitrogens with one attached hydrogen (secondary N) is 1. The Morgan fingerprint density at radius 1 is 1.10 bits per heavy atom. The van der Waals surface area contributed by atoms with Crippen molar-refractivity contribution >= 4 is 5.91 Å². The first-order valence-electron chi connectivity index (χ1n) is 7.20. The van der Waals surface area contributed by atoms with Crippen molar-refractivity contribution in [3.05, 3.63) is 71.3 Å². The van der Waals surface area contributed by atoms with Gasteiger partial charge in [0.2, 0.25) is 5.91 Å². The van der Waals surface area contributed by atoms with E-state index in [1.165, 1.54) is 11.1 Å². The van der Waals surface area contributed by atoms with Crippen LogP contribution in [0.5, 0.6) is 0 Å². The van der Waals surface area contributed by atoms with E-state index < -0.39 is 6.10 Å². The summed E-state index contributed by atoms with van der Waals surface area (Å²) in [5.41, 5.74) is 3.20. The average Bonchev–Trinajstić information content (AvgIpc) is 2.50. The van der Waals surface area contributed by atoms with Gasteiger partial charge < -0.3 is 10.4 Å². The van der Waals surface area contributed by atoms with Crippen LogP contribution in [0, 0.1) is 6.92 Å². The number of amides is 1. The van der Waals surface area contributed by atoms with E-state index in [9.17, 15) is 9.90 Å². The molecular weight excluding hydrogens is 262 g/mol. The molecule has 0 aliphatic heterocycles. The molecule has 0 saturated heterocycles. The summed E-state index contributed by atoms with van der Waals surface area (Å²) in [6.45, 7) is 2.64. The first kappa shape index (κ1) is 15.3. The molecule has 0 bridgehead atoms. The first-order chi connectivity index (χ1) is 10.1. The van der Waals surface area contributed by atoms with Crippen molar-refractivity contribution in [2.75, 3.05) is 6.54 Å². The standard InChI is InChI=1S/C18H21NO2/c1-14-7-9-15(10-8-14)11-12-19-18(21)13-17(20)16-5-3-2-4-6-16/h2-10,17,20H,11-13H2,1H3,(H,19,21). The highest BCUT2D eigenvalue weighted by Crippen LogP contribution is 2.15. The molecule has 0 aromatic heterocycles. The molecule has 1 atom stereocenters. The van der Waals surface area contributed by atoms with Crippen LogP contribution in [-0.2, 0) is 11.2 Å². The molecule has 0 saturated carbocycles. The van der Waals surface area contributed by atoms with Gasteiger partial charge in [0.1, 0.15) is 0 Å². The summed E-state index contributed by atoms with van der Waals surface area (Å²) in [7, 11) is 0. The van der Waals surface area contributed by atoms with Crippen molar-refractivity contribution in [1.29, 1.82) is 0 Å². The van der Waals surface area contributed by atoms with Crippen molar-refractivity contribution < 1.29 is 9.90 Å². The van der Waals surface area contributed by atoms with Crippen LogP contribution in [0.1, 0.15) is 29.2 Å². The molecular formula is C18H21NO2. The normalized spacial score (nSPS) is 11.9. The monoisotopic (exact) mass is 283 g/mol. The lowest BCUT2D eigenvalue weighted by molar-refractivity contribution is -0.123. The summed E-state index contributed by atoms with van der Waals surface area (Å²) in [5, 5.41) is 12.8. The third-order valence-electron chi connectivity index (χ3n) is 3.42. The molecule has 2 rings (SSSR count). The predicted octanol–water partition coefficient (Wildman–Crippen LogP) is 2.78. The number of benzene rings is 2. The summed E-state index contributed by atoms with van der Waals surface area (Å²) >= 11 is 0. The van der Waals surface area contributed by atoms with Crippen molar-refractivity contribution in [3.63, 3.8) is 0 Å². The van der Waals surface area contributed by atoms with Gasteiger partial charge in [-0.25, -0.2) is 0 Å². The lowest BCUT2D eigenvalue weighted by atomic mass is 10.1. The summed E-state index contributed by atoms with van der Waals surface area (Å²) in [5.74, 6) is -0.126. The van der Waals surface area contributed by atoms with Gasteiger partial charge in [0.05, 0.1) is 12.5 Å². The van der Waals surface area contributed by atoms with Crippen LogP contribution in [0.3, 0.4) is 0 Å². The quantitative estimate of drug-likeness (QED) is 0.856. The second-order valence-corrected chi connectivity index (χ2v) is 5.22. The second-order valence-electron chi connectivity index (χ2n) is 5.22. The molecule has 0 fully saturated rings. The molecule has 21 heavy (non-hydrogen) atoms. The number of hydrogen-bond acceptors (Lipinski definition) is 2. The highest BCUT2D eigenvalue weighted by Gasteiger charge is 2.12. The van der Waals surface area contributed by atoms with Crippen LogP contribution in [0.25, 0.3) is 0 Å². The van der Waals surface area contributed by atoms with Gasteiger partial charge in [-0.1, -0.05) is 60.2 Å². The highest BCUT2D eigenvalue weighted by atomic mass is 16.3. The fraction of sp³-hybridized carbons (Fsp3) is 0.278. The largest absolute Gasteiger partial charge is 0.388 e. The molecule has 0 heterocycles. The lowest BCUT2D eigenvalue weighted by Crippen LogP contribution is -2.27. The SMILES string of the molecule is Cc1ccc(CCNC(=O)CC(O)c2ccccc2)cc1. The van der Waals surface area contributed by atoms with E-state index in [2.05, 4.69) is 36.5 Å². The van der Waals surface area contributed by atoms with Crippen molar-refractivity contribution in [3.8, 4) is 0 Å². The molecule has 0 aliphatic rings. The van der Waals surface area contributed by atoms with Gasteiger partial charge in [0, 0.05) is 6.54 Å². The number of carbonyl (C=O) groups is 1. The van der Waals surface area contributed by atoms with Gasteiger partial charge in [-0.3, -0.25) is 4.79 Å². The smallest absolute Gasteiger partial charge is 0.222 e. The van der Waals surface area contributed by atoms with Crippen LogP contribution in [-0.4, -0.2) is 17.6 Å². The summed E-state index contributed by atoms with van der Waals surface area (Å²) in [4.78, 5) is 11.8.